The number of esters is 1. The van der Waals surface area contributed by atoms with E-state index in [9.17, 15) is 13.6 Å². The lowest BCUT2D eigenvalue weighted by Gasteiger charge is -2.21. The molecule has 0 saturated heterocycles. The van der Waals surface area contributed by atoms with Crippen molar-refractivity contribution in [1.29, 1.82) is 0 Å². The number of nitrogens with zero attached hydrogens (tertiary/aromatic N) is 1. The van der Waals surface area contributed by atoms with E-state index in [1.165, 1.54) is 4.90 Å². The molecule has 1 atom stereocenters. The molecule has 4 nitrogen and oxygen atoms in total. The fourth-order valence-electron chi connectivity index (χ4n) is 1.72. The number of hydrogen-bond acceptors (Lipinski definition) is 4. The first-order valence-electron chi connectivity index (χ1n) is 6.42. The van der Waals surface area contributed by atoms with Gasteiger partial charge in [-0.2, -0.15) is 0 Å². The second-order valence-corrected chi connectivity index (χ2v) is 4.69. The van der Waals surface area contributed by atoms with Crippen LogP contribution in [0, 0.1) is 0 Å². The summed E-state index contributed by atoms with van der Waals surface area (Å²) in [5.41, 5.74) is 0. The minimum Gasteiger partial charge on any atom is -0.465 e. The van der Waals surface area contributed by atoms with Crippen LogP contribution in [0.1, 0.15) is 26.2 Å². The Balaban J connectivity index is 2.32. The molecule has 0 aliphatic heterocycles. The average molecular weight is 264 g/mol. The molecule has 1 rings (SSSR count). The van der Waals surface area contributed by atoms with Crippen LogP contribution in [0.3, 0.4) is 0 Å². The molecule has 1 aliphatic rings. The van der Waals surface area contributed by atoms with E-state index >= 15 is 0 Å². The lowest BCUT2D eigenvalue weighted by Crippen LogP contribution is -2.42. The van der Waals surface area contributed by atoms with Crippen LogP contribution in [-0.2, 0) is 9.53 Å². The van der Waals surface area contributed by atoms with Crippen LogP contribution < -0.4 is 5.32 Å². The summed E-state index contributed by atoms with van der Waals surface area (Å²) in [6.07, 6.45) is 0.303. The minimum absolute atomic E-state index is 0.265. The Hall–Kier alpha value is -0.750. The Kier molecular flexibility index (Phi) is 6.49. The van der Waals surface area contributed by atoms with Crippen molar-refractivity contribution < 1.29 is 18.3 Å². The van der Waals surface area contributed by atoms with Gasteiger partial charge in [0.05, 0.1) is 13.2 Å². The number of ether oxygens (including phenoxy) is 1. The van der Waals surface area contributed by atoms with Gasteiger partial charge in [-0.1, -0.05) is 0 Å². The fraction of sp³-hybridized carbons (Fsp3) is 0.917. The second kappa shape index (κ2) is 7.63. The van der Waals surface area contributed by atoms with Gasteiger partial charge >= 0.3 is 5.97 Å². The van der Waals surface area contributed by atoms with Gasteiger partial charge in [-0.25, -0.2) is 8.78 Å². The van der Waals surface area contributed by atoms with Crippen molar-refractivity contribution in [1.82, 2.24) is 10.2 Å². The van der Waals surface area contributed by atoms with Crippen LogP contribution in [0.15, 0.2) is 0 Å². The Bertz CT molecular complexity index is 260. The molecule has 18 heavy (non-hydrogen) atoms. The molecule has 1 aliphatic carbocycles. The van der Waals surface area contributed by atoms with Gasteiger partial charge in [-0.15, -0.1) is 0 Å². The molecule has 0 radical (unpaired) electrons. The summed E-state index contributed by atoms with van der Waals surface area (Å²) in [6.45, 7) is 2.29. The van der Waals surface area contributed by atoms with Crippen molar-refractivity contribution >= 4 is 5.97 Å². The molecule has 1 N–H and O–H groups in total. The van der Waals surface area contributed by atoms with Gasteiger partial charge in [-0.3, -0.25) is 4.79 Å². The first-order valence-corrected chi connectivity index (χ1v) is 6.42. The molecule has 1 unspecified atom stereocenters. The van der Waals surface area contributed by atoms with Crippen LogP contribution in [0.5, 0.6) is 0 Å². The first-order chi connectivity index (χ1) is 8.52. The summed E-state index contributed by atoms with van der Waals surface area (Å²) in [5, 5.41) is 3.20. The van der Waals surface area contributed by atoms with Crippen LogP contribution in [0.2, 0.25) is 0 Å². The first kappa shape index (κ1) is 15.3. The molecular weight excluding hydrogens is 242 g/mol. The van der Waals surface area contributed by atoms with E-state index in [0.717, 1.165) is 12.8 Å². The van der Waals surface area contributed by atoms with Crippen molar-refractivity contribution in [2.45, 2.75) is 44.7 Å². The summed E-state index contributed by atoms with van der Waals surface area (Å²) >= 11 is 0. The van der Waals surface area contributed by atoms with Crippen LogP contribution in [-0.4, -0.2) is 56.1 Å². The van der Waals surface area contributed by atoms with Gasteiger partial charge in [0.25, 0.3) is 6.43 Å². The maximum absolute atomic E-state index is 12.2. The third-order valence-corrected chi connectivity index (χ3v) is 2.83. The third kappa shape index (κ3) is 6.26. The molecule has 6 heteroatoms. The lowest BCUT2D eigenvalue weighted by atomic mass is 10.2. The van der Waals surface area contributed by atoms with Crippen molar-refractivity contribution in [3.63, 3.8) is 0 Å². The van der Waals surface area contributed by atoms with E-state index in [1.54, 1.807) is 14.0 Å². The zero-order valence-corrected chi connectivity index (χ0v) is 11.0. The summed E-state index contributed by atoms with van der Waals surface area (Å²) in [7, 11) is 1.63. The van der Waals surface area contributed by atoms with Crippen LogP contribution in [0.25, 0.3) is 0 Å². The average Bonchev–Trinajstić information content (AvgIpc) is 3.07. The molecule has 0 bridgehead atoms. The number of carbonyl (C=O) groups excluding carboxylic acids is 1. The minimum atomic E-state index is -2.34. The largest absolute Gasteiger partial charge is 0.465 e. The highest BCUT2D eigenvalue weighted by molar-refractivity contribution is 5.75. The van der Waals surface area contributed by atoms with Gasteiger partial charge < -0.3 is 15.0 Å². The number of alkyl halides is 2. The SMILES string of the molecule is CCOC(=O)C(CCN(C)CC(F)F)NC1CC1. The highest BCUT2D eigenvalue weighted by Crippen LogP contribution is 2.20. The maximum Gasteiger partial charge on any atom is 0.323 e. The van der Waals surface area contributed by atoms with Crippen molar-refractivity contribution in [3.05, 3.63) is 0 Å². The monoisotopic (exact) mass is 264 g/mol. The lowest BCUT2D eigenvalue weighted by molar-refractivity contribution is -0.146. The van der Waals surface area contributed by atoms with Crippen LogP contribution in [0.4, 0.5) is 8.78 Å². The highest BCUT2D eigenvalue weighted by atomic mass is 19.3. The van der Waals surface area contributed by atoms with Gasteiger partial charge in [0.15, 0.2) is 0 Å². The maximum atomic E-state index is 12.2. The topological polar surface area (TPSA) is 41.6 Å². The quantitative estimate of drug-likeness (QED) is 0.637. The standard InChI is InChI=1S/C12H22F2N2O2/c1-3-18-12(17)10(15-9-4-5-9)6-7-16(2)8-11(13)14/h9-11,15H,3-8H2,1-2H3. The summed E-state index contributed by atoms with van der Waals surface area (Å²) < 4.78 is 29.3. The fourth-order valence-corrected chi connectivity index (χ4v) is 1.72. The number of rotatable bonds is 9. The Morgan fingerprint density at radius 3 is 2.67 bits per heavy atom. The molecule has 106 valence electrons. The summed E-state index contributed by atoms with van der Waals surface area (Å²) in [4.78, 5) is 13.2. The zero-order chi connectivity index (χ0) is 13.5. The van der Waals surface area contributed by atoms with E-state index < -0.39 is 6.43 Å². The highest BCUT2D eigenvalue weighted by Gasteiger charge is 2.29. The van der Waals surface area contributed by atoms with Crippen molar-refractivity contribution in [3.8, 4) is 0 Å². The van der Waals surface area contributed by atoms with Gasteiger partial charge in [0.2, 0.25) is 0 Å². The Labute approximate surface area is 107 Å². The zero-order valence-electron chi connectivity index (χ0n) is 11.0. The molecule has 0 amide bonds. The normalized spacial score (nSPS) is 17.2. The van der Waals surface area contributed by atoms with Gasteiger partial charge in [0, 0.05) is 12.6 Å². The second-order valence-electron chi connectivity index (χ2n) is 4.69. The van der Waals surface area contributed by atoms with E-state index in [0.29, 0.717) is 25.6 Å². The molecule has 0 aromatic heterocycles. The smallest absolute Gasteiger partial charge is 0.323 e. The molecule has 0 aromatic carbocycles. The van der Waals surface area contributed by atoms with E-state index in [2.05, 4.69) is 5.32 Å². The number of halogens is 2. The van der Waals surface area contributed by atoms with E-state index in [1.807, 2.05) is 0 Å². The Morgan fingerprint density at radius 2 is 2.17 bits per heavy atom. The van der Waals surface area contributed by atoms with Gasteiger partial charge in [-0.05, 0) is 33.2 Å². The predicted molar refractivity (Wildman–Crippen MR) is 64.7 cm³/mol. The molecule has 0 spiro atoms. The van der Waals surface area contributed by atoms with E-state index in [-0.39, 0.29) is 18.6 Å². The van der Waals surface area contributed by atoms with Crippen molar-refractivity contribution in [2.24, 2.45) is 0 Å². The number of nitrogens with one attached hydrogen (secondary N) is 1. The molecule has 0 aromatic rings. The number of carbonyl (C=O) groups is 1. The number of hydrogen-bond donors (Lipinski definition) is 1. The summed E-state index contributed by atoms with van der Waals surface area (Å²) in [6, 6.07) is 0.0115. The van der Waals surface area contributed by atoms with Crippen molar-refractivity contribution in [2.75, 3.05) is 26.7 Å². The van der Waals surface area contributed by atoms with Crippen LogP contribution >= 0.6 is 0 Å². The molecule has 1 fully saturated rings. The summed E-state index contributed by atoms with van der Waals surface area (Å²) in [5.74, 6) is -0.283. The molecule has 1 saturated carbocycles. The predicted octanol–water partition coefficient (Wildman–Crippen LogP) is 1.26. The molecule has 0 heterocycles. The Morgan fingerprint density at radius 1 is 1.50 bits per heavy atom. The third-order valence-electron chi connectivity index (χ3n) is 2.83. The molecular formula is C12H22F2N2O2. The van der Waals surface area contributed by atoms with E-state index in [4.69, 9.17) is 4.74 Å². The van der Waals surface area contributed by atoms with Gasteiger partial charge in [0.1, 0.15) is 6.04 Å².